The van der Waals surface area contributed by atoms with Crippen molar-refractivity contribution < 1.29 is 9.84 Å². The zero-order valence-electron chi connectivity index (χ0n) is 14.0. The number of nitrogens with zero attached hydrogens (tertiary/aromatic N) is 3. The maximum Gasteiger partial charge on any atom is 0.206 e. The average Bonchev–Trinajstić information content (AvgIpc) is 2.57. The van der Waals surface area contributed by atoms with E-state index in [0.717, 1.165) is 10.5 Å². The van der Waals surface area contributed by atoms with Crippen molar-refractivity contribution in [2.24, 2.45) is 5.73 Å². The van der Waals surface area contributed by atoms with E-state index in [4.69, 9.17) is 15.9 Å². The van der Waals surface area contributed by atoms with Crippen LogP contribution in [0.5, 0.6) is 5.75 Å². The number of ether oxygens (including phenoxy) is 1. The summed E-state index contributed by atoms with van der Waals surface area (Å²) in [4.78, 5) is 5.18. The molecule has 0 fully saturated rings. The van der Waals surface area contributed by atoms with E-state index >= 15 is 0 Å². The van der Waals surface area contributed by atoms with E-state index in [1.807, 2.05) is 32.2 Å². The third kappa shape index (κ3) is 2.77. The monoisotopic (exact) mass is 337 g/mol. The lowest BCUT2D eigenvalue weighted by atomic mass is 9.77. The molecule has 0 amide bonds. The zero-order valence-corrected chi connectivity index (χ0v) is 14.0. The Morgan fingerprint density at radius 1 is 1.36 bits per heavy atom. The van der Waals surface area contributed by atoms with E-state index in [2.05, 4.69) is 4.98 Å². The maximum absolute atomic E-state index is 11.0. The molecule has 1 aromatic carbocycles. The first-order chi connectivity index (χ1) is 11.9. The number of rotatable bonds is 2. The third-order valence-corrected chi connectivity index (χ3v) is 4.40. The lowest BCUT2D eigenvalue weighted by molar-refractivity contribution is -0.0512. The molecule has 2 aromatic rings. The number of aromatic nitrogens is 1. The predicted molar refractivity (Wildman–Crippen MR) is 93.2 cm³/mol. The summed E-state index contributed by atoms with van der Waals surface area (Å²) in [6, 6.07) is 8.85. The fourth-order valence-electron chi connectivity index (χ4n) is 3.16. The molecule has 4 N–H and O–H groups in total. The van der Waals surface area contributed by atoms with Gasteiger partial charge in [0.05, 0.1) is 5.69 Å². The minimum atomic E-state index is -0.877. The van der Waals surface area contributed by atoms with E-state index in [1.165, 1.54) is 0 Å². The van der Waals surface area contributed by atoms with Gasteiger partial charge in [-0.25, -0.2) is 4.90 Å². The zero-order chi connectivity index (χ0) is 18.2. The van der Waals surface area contributed by atoms with E-state index in [0.29, 0.717) is 17.0 Å². The summed E-state index contributed by atoms with van der Waals surface area (Å²) in [5.74, 6) is -0.225. The van der Waals surface area contributed by atoms with Gasteiger partial charge in [0.1, 0.15) is 17.5 Å². The molecule has 7 heteroatoms. The van der Waals surface area contributed by atoms with Gasteiger partial charge in [-0.2, -0.15) is 5.26 Å². The van der Waals surface area contributed by atoms with E-state index in [-0.39, 0.29) is 5.96 Å². The molecule has 0 aliphatic carbocycles. The van der Waals surface area contributed by atoms with Gasteiger partial charge in [-0.1, -0.05) is 18.2 Å². The molecular weight excluding hydrogens is 318 g/mol. The normalized spacial score (nSPS) is 20.7. The second-order valence-corrected chi connectivity index (χ2v) is 6.42. The van der Waals surface area contributed by atoms with Crippen LogP contribution in [0, 0.1) is 16.9 Å². The molecule has 1 aliphatic rings. The largest absolute Gasteiger partial charge is 0.485 e. The van der Waals surface area contributed by atoms with Crippen LogP contribution in [0.25, 0.3) is 0 Å². The van der Waals surface area contributed by atoms with Crippen molar-refractivity contribution in [3.05, 3.63) is 53.9 Å². The van der Waals surface area contributed by atoms with Crippen molar-refractivity contribution in [3.63, 3.8) is 0 Å². The summed E-state index contributed by atoms with van der Waals surface area (Å²) in [7, 11) is 0. The van der Waals surface area contributed by atoms with Crippen LogP contribution in [-0.4, -0.2) is 27.8 Å². The lowest BCUT2D eigenvalue weighted by Gasteiger charge is -2.42. The first-order valence-electron chi connectivity index (χ1n) is 7.80. The van der Waals surface area contributed by atoms with E-state index < -0.39 is 17.6 Å². The summed E-state index contributed by atoms with van der Waals surface area (Å²) >= 11 is 0. The van der Waals surface area contributed by atoms with Crippen molar-refractivity contribution >= 4 is 11.6 Å². The summed E-state index contributed by atoms with van der Waals surface area (Å²) in [5, 5.41) is 28.0. The van der Waals surface area contributed by atoms with Gasteiger partial charge in [0, 0.05) is 23.9 Å². The van der Waals surface area contributed by atoms with Crippen LogP contribution in [0.4, 0.5) is 5.69 Å². The number of nitrogens with one attached hydrogen (secondary N) is 1. The van der Waals surface area contributed by atoms with Gasteiger partial charge in [0.15, 0.2) is 6.19 Å². The molecule has 3 rings (SSSR count). The molecule has 0 bridgehead atoms. The van der Waals surface area contributed by atoms with Crippen molar-refractivity contribution in [2.75, 3.05) is 4.90 Å². The number of anilines is 1. The van der Waals surface area contributed by atoms with E-state index in [1.54, 1.807) is 30.6 Å². The Labute approximate surface area is 145 Å². The summed E-state index contributed by atoms with van der Waals surface area (Å²) in [6.07, 6.45) is 4.32. The number of pyridine rings is 1. The topological polar surface area (TPSA) is 119 Å². The number of fused-ring (bicyclic) bond motifs is 1. The Hall–Kier alpha value is -3.11. The molecule has 0 spiro atoms. The number of hydrogen-bond acceptors (Lipinski definition) is 5. The van der Waals surface area contributed by atoms with Crippen LogP contribution in [0.1, 0.15) is 30.9 Å². The highest BCUT2D eigenvalue weighted by molar-refractivity contribution is 5.96. The van der Waals surface area contributed by atoms with Gasteiger partial charge in [-0.15, -0.1) is 0 Å². The number of guanidine groups is 1. The maximum atomic E-state index is 11.0. The highest BCUT2D eigenvalue weighted by Crippen LogP contribution is 2.46. The third-order valence-electron chi connectivity index (χ3n) is 4.40. The molecule has 1 aromatic heterocycles. The molecule has 2 heterocycles. The van der Waals surface area contributed by atoms with Gasteiger partial charge in [-0.3, -0.25) is 10.4 Å². The fourth-order valence-corrected chi connectivity index (χ4v) is 3.16. The van der Waals surface area contributed by atoms with Crippen LogP contribution in [0.3, 0.4) is 0 Å². The van der Waals surface area contributed by atoms with Crippen LogP contribution in [-0.2, 0) is 0 Å². The quantitative estimate of drug-likeness (QED) is 0.333. The number of aliphatic hydroxyl groups is 1. The summed E-state index contributed by atoms with van der Waals surface area (Å²) < 4.78 is 5.92. The number of nitrogens with two attached hydrogens (primary N) is 1. The Bertz CT molecular complexity index is 859. The highest BCUT2D eigenvalue weighted by Gasteiger charge is 2.44. The van der Waals surface area contributed by atoms with Gasteiger partial charge in [-0.05, 0) is 31.5 Å². The minimum absolute atomic E-state index is 0.387. The predicted octanol–water partition coefficient (Wildman–Crippen LogP) is 1.93. The lowest BCUT2D eigenvalue weighted by Crippen LogP contribution is -2.49. The Kier molecular flexibility index (Phi) is 4.07. The number of hydrogen-bond donors (Lipinski definition) is 3. The SMILES string of the molecule is CC1(C)Oc2ccncc2C(c2ccccc2N(C#N)C(=N)N)C1O. The summed E-state index contributed by atoms with van der Waals surface area (Å²) in [6.45, 7) is 3.62. The minimum Gasteiger partial charge on any atom is -0.485 e. The van der Waals surface area contributed by atoms with Crippen LogP contribution < -0.4 is 15.4 Å². The molecule has 2 atom stereocenters. The molecule has 1 aliphatic heterocycles. The highest BCUT2D eigenvalue weighted by atomic mass is 16.5. The van der Waals surface area contributed by atoms with Crippen molar-refractivity contribution in [2.45, 2.75) is 31.5 Å². The number of nitriles is 1. The van der Waals surface area contributed by atoms with Gasteiger partial charge < -0.3 is 15.6 Å². The average molecular weight is 337 g/mol. The standard InChI is InChI=1S/C18H19N5O2/c1-18(2)16(24)15(12-9-22-8-7-14(12)25-18)11-5-3-4-6-13(11)23(10-19)17(20)21/h3-9,15-16,24H,1-2H3,(H3,20,21). The Balaban J connectivity index is 2.23. The van der Waals surface area contributed by atoms with Crippen LogP contribution in [0.15, 0.2) is 42.7 Å². The second-order valence-electron chi connectivity index (χ2n) is 6.42. The summed E-state index contributed by atoms with van der Waals surface area (Å²) in [5.41, 5.74) is 6.57. The number of aliphatic hydroxyl groups excluding tert-OH is 1. The molecule has 2 unspecified atom stereocenters. The van der Waals surface area contributed by atoms with Crippen molar-refractivity contribution in [1.82, 2.24) is 4.98 Å². The first kappa shape index (κ1) is 16.7. The Morgan fingerprint density at radius 3 is 2.76 bits per heavy atom. The van der Waals surface area contributed by atoms with Crippen LogP contribution >= 0.6 is 0 Å². The van der Waals surface area contributed by atoms with Crippen molar-refractivity contribution in [3.8, 4) is 11.9 Å². The fraction of sp³-hybridized carbons (Fsp3) is 0.278. The van der Waals surface area contributed by atoms with Gasteiger partial charge >= 0.3 is 0 Å². The molecule has 25 heavy (non-hydrogen) atoms. The molecule has 0 saturated carbocycles. The molecule has 7 nitrogen and oxygen atoms in total. The Morgan fingerprint density at radius 2 is 2.08 bits per heavy atom. The number of benzene rings is 1. The smallest absolute Gasteiger partial charge is 0.206 e. The molecule has 0 radical (unpaired) electrons. The van der Waals surface area contributed by atoms with Crippen molar-refractivity contribution in [1.29, 1.82) is 10.7 Å². The molecule has 128 valence electrons. The first-order valence-corrected chi connectivity index (χ1v) is 7.80. The van der Waals surface area contributed by atoms with Crippen LogP contribution in [0.2, 0.25) is 0 Å². The number of para-hydroxylation sites is 1. The molecular formula is C18H19N5O2. The second kappa shape index (κ2) is 6.07. The van der Waals surface area contributed by atoms with Gasteiger partial charge in [0.2, 0.25) is 5.96 Å². The van der Waals surface area contributed by atoms with E-state index in [9.17, 15) is 10.4 Å². The van der Waals surface area contributed by atoms with Gasteiger partial charge in [0.25, 0.3) is 0 Å². The molecule has 0 saturated heterocycles.